The van der Waals surface area contributed by atoms with Crippen molar-refractivity contribution in [1.29, 1.82) is 0 Å². The Hall–Kier alpha value is -1.78. The molecule has 11 heteroatoms. The molecule has 2 rings (SSSR count). The molecule has 0 aliphatic heterocycles. The topological polar surface area (TPSA) is 80.3 Å². The van der Waals surface area contributed by atoms with Crippen molar-refractivity contribution in [3.05, 3.63) is 53.1 Å². The first-order chi connectivity index (χ1) is 11.3. The molecule has 0 unspecified atom stereocenters. The summed E-state index contributed by atoms with van der Waals surface area (Å²) >= 11 is 5.72. The molecule has 0 spiro atoms. The number of anilines is 1. The van der Waals surface area contributed by atoms with Crippen molar-refractivity contribution in [3.8, 4) is 0 Å². The van der Waals surface area contributed by atoms with Gasteiger partial charge in [-0.3, -0.25) is 4.72 Å². The third-order valence-electron chi connectivity index (χ3n) is 3.08. The molecular formula is C14H11ClF3NO4S2. The Labute approximate surface area is 147 Å². The van der Waals surface area contributed by atoms with Gasteiger partial charge >= 0.3 is 6.18 Å². The van der Waals surface area contributed by atoms with Crippen LogP contribution in [0.1, 0.15) is 5.56 Å². The second-order valence-electron chi connectivity index (χ2n) is 5.02. The highest BCUT2D eigenvalue weighted by molar-refractivity contribution is 7.93. The van der Waals surface area contributed by atoms with Crippen LogP contribution in [0.25, 0.3) is 0 Å². The van der Waals surface area contributed by atoms with Gasteiger partial charge in [0.1, 0.15) is 4.90 Å². The molecule has 0 aromatic heterocycles. The van der Waals surface area contributed by atoms with E-state index in [1.807, 2.05) is 4.72 Å². The van der Waals surface area contributed by atoms with Crippen LogP contribution in [0.5, 0.6) is 0 Å². The third-order valence-corrected chi connectivity index (χ3v) is 6.08. The third kappa shape index (κ3) is 4.44. The molecule has 0 fully saturated rings. The lowest BCUT2D eigenvalue weighted by atomic mass is 10.2. The molecule has 0 aliphatic rings. The van der Waals surface area contributed by atoms with Gasteiger partial charge < -0.3 is 0 Å². The number of sulfone groups is 1. The molecule has 25 heavy (non-hydrogen) atoms. The van der Waals surface area contributed by atoms with Crippen molar-refractivity contribution in [2.75, 3.05) is 11.0 Å². The lowest BCUT2D eigenvalue weighted by molar-refractivity contribution is -0.137. The fraction of sp³-hybridized carbons (Fsp3) is 0.143. The van der Waals surface area contributed by atoms with E-state index in [1.54, 1.807) is 0 Å². The van der Waals surface area contributed by atoms with Crippen LogP contribution in [-0.4, -0.2) is 23.1 Å². The molecule has 5 nitrogen and oxygen atoms in total. The molecule has 0 atom stereocenters. The number of rotatable bonds is 4. The highest BCUT2D eigenvalue weighted by atomic mass is 35.5. The molecule has 0 saturated heterocycles. The Morgan fingerprint density at radius 2 is 1.56 bits per heavy atom. The number of sulfonamides is 1. The Balaban J connectivity index is 2.56. The van der Waals surface area contributed by atoms with Gasteiger partial charge in [-0.2, -0.15) is 13.2 Å². The minimum Gasteiger partial charge on any atom is -0.278 e. The van der Waals surface area contributed by atoms with E-state index in [9.17, 15) is 30.0 Å². The molecule has 0 heterocycles. The monoisotopic (exact) mass is 413 g/mol. The maximum Gasteiger partial charge on any atom is 0.416 e. The van der Waals surface area contributed by atoms with Gasteiger partial charge in [-0.15, -0.1) is 0 Å². The fourth-order valence-electron chi connectivity index (χ4n) is 1.96. The van der Waals surface area contributed by atoms with Crippen molar-refractivity contribution < 1.29 is 30.0 Å². The van der Waals surface area contributed by atoms with E-state index in [1.165, 1.54) is 24.3 Å². The summed E-state index contributed by atoms with van der Waals surface area (Å²) in [4.78, 5) is -1.13. The molecular weight excluding hydrogens is 403 g/mol. The molecule has 136 valence electrons. The van der Waals surface area contributed by atoms with Gasteiger partial charge in [-0.1, -0.05) is 23.7 Å². The first-order valence-electron chi connectivity index (χ1n) is 6.51. The van der Waals surface area contributed by atoms with E-state index in [2.05, 4.69) is 0 Å². The summed E-state index contributed by atoms with van der Waals surface area (Å²) in [7, 11) is -8.33. The van der Waals surface area contributed by atoms with Crippen molar-refractivity contribution in [2.24, 2.45) is 0 Å². The van der Waals surface area contributed by atoms with Crippen LogP contribution in [0.15, 0.2) is 52.3 Å². The zero-order chi connectivity index (χ0) is 19.0. The average molecular weight is 414 g/mol. The quantitative estimate of drug-likeness (QED) is 0.831. The Morgan fingerprint density at radius 3 is 2.12 bits per heavy atom. The predicted molar refractivity (Wildman–Crippen MR) is 86.8 cm³/mol. The average Bonchev–Trinajstić information content (AvgIpc) is 2.45. The lowest BCUT2D eigenvalue weighted by Gasteiger charge is -2.14. The van der Waals surface area contributed by atoms with E-state index >= 15 is 0 Å². The van der Waals surface area contributed by atoms with Crippen LogP contribution in [0.2, 0.25) is 5.02 Å². The number of hydrogen-bond donors (Lipinski definition) is 1. The zero-order valence-corrected chi connectivity index (χ0v) is 14.9. The summed E-state index contributed by atoms with van der Waals surface area (Å²) in [5, 5.41) is -0.433. The van der Waals surface area contributed by atoms with E-state index in [-0.39, 0.29) is 10.6 Å². The largest absolute Gasteiger partial charge is 0.416 e. The summed E-state index contributed by atoms with van der Waals surface area (Å²) in [6, 6.07) is 6.93. The number of hydrogen-bond acceptors (Lipinski definition) is 4. The molecule has 2 aromatic carbocycles. The Bertz CT molecular complexity index is 1020. The second-order valence-corrected chi connectivity index (χ2v) is 9.06. The normalized spacial score (nSPS) is 12.8. The van der Waals surface area contributed by atoms with E-state index < -0.39 is 41.5 Å². The number of nitrogens with one attached hydrogen (secondary N) is 1. The van der Waals surface area contributed by atoms with E-state index in [0.717, 1.165) is 12.3 Å². The molecule has 0 aliphatic carbocycles. The SMILES string of the molecule is CS(=O)(=O)c1ccccc1NS(=O)(=O)c1cc(C(F)(F)F)ccc1Cl. The van der Waals surface area contributed by atoms with Crippen LogP contribution < -0.4 is 4.72 Å². The smallest absolute Gasteiger partial charge is 0.278 e. The first kappa shape index (κ1) is 19.5. The van der Waals surface area contributed by atoms with Gasteiger partial charge in [0.2, 0.25) is 0 Å². The fourth-order valence-corrected chi connectivity index (χ4v) is 4.48. The summed E-state index contributed by atoms with van der Waals surface area (Å²) < 4.78 is 88.6. The van der Waals surface area contributed by atoms with Gasteiger partial charge in [0.05, 0.1) is 21.2 Å². The molecule has 1 N–H and O–H groups in total. The second kappa shape index (κ2) is 6.50. The Morgan fingerprint density at radius 1 is 0.960 bits per heavy atom. The number of benzene rings is 2. The zero-order valence-electron chi connectivity index (χ0n) is 12.5. The summed E-state index contributed by atoms with van der Waals surface area (Å²) in [6.45, 7) is 0. The van der Waals surface area contributed by atoms with Gasteiger partial charge in [0.25, 0.3) is 10.0 Å². The highest BCUT2D eigenvalue weighted by Crippen LogP contribution is 2.34. The maximum absolute atomic E-state index is 12.8. The van der Waals surface area contributed by atoms with Crippen LogP contribution in [0.3, 0.4) is 0 Å². The lowest BCUT2D eigenvalue weighted by Crippen LogP contribution is -2.17. The maximum atomic E-state index is 12.8. The standard InChI is InChI=1S/C14H11ClF3NO4S2/c1-24(20,21)12-5-3-2-4-11(12)19-25(22,23)13-8-9(14(16,17)18)6-7-10(13)15/h2-8,19H,1H3. The van der Waals surface area contributed by atoms with Gasteiger partial charge in [0, 0.05) is 6.26 Å². The molecule has 0 radical (unpaired) electrons. The molecule has 2 aromatic rings. The summed E-state index contributed by atoms with van der Waals surface area (Å²) in [6.07, 6.45) is -3.89. The Kier molecular flexibility index (Phi) is 5.08. The van der Waals surface area contributed by atoms with E-state index in [0.29, 0.717) is 12.1 Å². The van der Waals surface area contributed by atoms with Crippen LogP contribution >= 0.6 is 11.6 Å². The van der Waals surface area contributed by atoms with Gasteiger partial charge in [-0.05, 0) is 30.3 Å². The van der Waals surface area contributed by atoms with Crippen molar-refractivity contribution in [1.82, 2.24) is 0 Å². The van der Waals surface area contributed by atoms with E-state index in [4.69, 9.17) is 11.6 Å². The van der Waals surface area contributed by atoms with Gasteiger partial charge in [-0.25, -0.2) is 16.8 Å². The molecule has 0 amide bonds. The van der Waals surface area contributed by atoms with Crippen LogP contribution in [0, 0.1) is 0 Å². The van der Waals surface area contributed by atoms with Crippen molar-refractivity contribution in [3.63, 3.8) is 0 Å². The minimum absolute atomic E-state index is 0.293. The minimum atomic E-state index is -4.76. The number of halogens is 4. The predicted octanol–water partition coefficient (Wildman–Crippen LogP) is 3.56. The first-order valence-corrected chi connectivity index (χ1v) is 10.3. The highest BCUT2D eigenvalue weighted by Gasteiger charge is 2.33. The summed E-state index contributed by atoms with van der Waals surface area (Å²) in [5.74, 6) is 0. The van der Waals surface area contributed by atoms with Crippen LogP contribution in [-0.2, 0) is 26.0 Å². The summed E-state index contributed by atoms with van der Waals surface area (Å²) in [5.41, 5.74) is -1.49. The molecule has 0 saturated carbocycles. The van der Waals surface area contributed by atoms with Crippen LogP contribution in [0.4, 0.5) is 18.9 Å². The van der Waals surface area contributed by atoms with Gasteiger partial charge in [0.15, 0.2) is 9.84 Å². The van der Waals surface area contributed by atoms with Crippen molar-refractivity contribution >= 4 is 37.1 Å². The molecule has 0 bridgehead atoms. The van der Waals surface area contributed by atoms with Crippen molar-refractivity contribution in [2.45, 2.75) is 16.0 Å². The number of para-hydroxylation sites is 1. The number of alkyl halides is 3.